The number of sulfonamides is 1. The molecule has 9 nitrogen and oxygen atoms in total. The Morgan fingerprint density at radius 3 is 2.57 bits per heavy atom. The van der Waals surface area contributed by atoms with E-state index >= 15 is 0 Å². The van der Waals surface area contributed by atoms with Crippen LogP contribution in [0.3, 0.4) is 0 Å². The van der Waals surface area contributed by atoms with E-state index in [0.717, 1.165) is 25.7 Å². The van der Waals surface area contributed by atoms with Crippen LogP contribution in [0.1, 0.15) is 45.6 Å². The van der Waals surface area contributed by atoms with Crippen molar-refractivity contribution in [2.24, 2.45) is 11.8 Å². The first kappa shape index (κ1) is 21.5. The third-order valence-corrected chi connectivity index (χ3v) is 8.27. The van der Waals surface area contributed by atoms with Crippen LogP contribution < -0.4 is 10.9 Å². The van der Waals surface area contributed by atoms with Crippen LogP contribution in [-0.2, 0) is 10.0 Å². The summed E-state index contributed by atoms with van der Waals surface area (Å²) < 4.78 is 27.3. The molecule has 30 heavy (non-hydrogen) atoms. The van der Waals surface area contributed by atoms with E-state index in [-0.39, 0.29) is 34.4 Å². The number of piperidine rings is 1. The van der Waals surface area contributed by atoms with Crippen LogP contribution in [0.4, 0.5) is 5.82 Å². The Labute approximate surface area is 180 Å². The van der Waals surface area contributed by atoms with Crippen LogP contribution in [0.25, 0.3) is 11.2 Å². The fraction of sp³-hybridized carbons (Fsp3) is 0.684. The highest BCUT2D eigenvalue weighted by atomic mass is 35.5. The molecule has 1 saturated heterocycles. The van der Waals surface area contributed by atoms with Crippen LogP contribution in [0, 0.1) is 11.8 Å². The molecule has 11 heteroatoms. The van der Waals surface area contributed by atoms with Gasteiger partial charge in [0.2, 0.25) is 15.3 Å². The van der Waals surface area contributed by atoms with Crippen molar-refractivity contribution in [3.8, 4) is 0 Å². The molecule has 1 N–H and O–H groups in total. The summed E-state index contributed by atoms with van der Waals surface area (Å²) in [4.78, 5) is 25.9. The molecule has 0 amide bonds. The molecule has 2 aliphatic rings. The second kappa shape index (κ2) is 8.39. The van der Waals surface area contributed by atoms with Crippen molar-refractivity contribution >= 4 is 38.6 Å². The SMILES string of the molecule is CCS(=O)(=O)N1CCC(CNc2nc3cnc(Cl)nc3n([C@H](C)C3CC3)c2=O)CC1. The third-order valence-electron chi connectivity index (χ3n) is 6.20. The lowest BCUT2D eigenvalue weighted by atomic mass is 9.98. The molecule has 1 saturated carbocycles. The highest BCUT2D eigenvalue weighted by molar-refractivity contribution is 7.89. The summed E-state index contributed by atoms with van der Waals surface area (Å²) in [6.07, 6.45) is 5.24. The van der Waals surface area contributed by atoms with Gasteiger partial charge >= 0.3 is 0 Å². The monoisotopic (exact) mass is 454 g/mol. The van der Waals surface area contributed by atoms with Gasteiger partial charge in [-0.15, -0.1) is 0 Å². The van der Waals surface area contributed by atoms with Crippen LogP contribution in [0.15, 0.2) is 11.0 Å². The van der Waals surface area contributed by atoms with Crippen LogP contribution in [0.2, 0.25) is 5.28 Å². The van der Waals surface area contributed by atoms with Crippen molar-refractivity contribution in [3.63, 3.8) is 0 Å². The number of nitrogens with one attached hydrogen (secondary N) is 1. The van der Waals surface area contributed by atoms with Gasteiger partial charge in [0.15, 0.2) is 11.5 Å². The van der Waals surface area contributed by atoms with Gasteiger partial charge in [0.1, 0.15) is 5.52 Å². The number of halogens is 1. The van der Waals surface area contributed by atoms with E-state index in [2.05, 4.69) is 20.3 Å². The molecule has 2 aromatic rings. The topological polar surface area (TPSA) is 110 Å². The average Bonchev–Trinajstić information content (AvgIpc) is 3.58. The zero-order chi connectivity index (χ0) is 21.5. The lowest BCUT2D eigenvalue weighted by molar-refractivity contribution is 0.282. The summed E-state index contributed by atoms with van der Waals surface area (Å²) in [7, 11) is -3.14. The quantitative estimate of drug-likeness (QED) is 0.639. The molecule has 0 unspecified atom stereocenters. The second-order valence-corrected chi connectivity index (χ2v) is 10.8. The predicted octanol–water partition coefficient (Wildman–Crippen LogP) is 2.28. The number of nitrogens with zero attached hydrogens (tertiary/aromatic N) is 5. The van der Waals surface area contributed by atoms with Gasteiger partial charge in [-0.05, 0) is 63.0 Å². The van der Waals surface area contributed by atoms with Gasteiger partial charge < -0.3 is 5.32 Å². The fourth-order valence-electron chi connectivity index (χ4n) is 4.08. The lowest BCUT2D eigenvalue weighted by Crippen LogP contribution is -2.41. The molecule has 3 heterocycles. The van der Waals surface area contributed by atoms with Crippen molar-refractivity contribution in [1.29, 1.82) is 0 Å². The van der Waals surface area contributed by atoms with Crippen LogP contribution >= 0.6 is 11.6 Å². The molecule has 1 atom stereocenters. The molecular weight excluding hydrogens is 428 g/mol. The van der Waals surface area contributed by atoms with Gasteiger partial charge in [0.25, 0.3) is 5.56 Å². The Kier molecular flexibility index (Phi) is 6.00. The van der Waals surface area contributed by atoms with E-state index in [1.807, 2.05) is 6.92 Å². The first-order chi connectivity index (χ1) is 14.3. The summed E-state index contributed by atoms with van der Waals surface area (Å²) >= 11 is 5.97. The first-order valence-electron chi connectivity index (χ1n) is 10.5. The highest BCUT2D eigenvalue weighted by Crippen LogP contribution is 2.39. The molecule has 0 radical (unpaired) electrons. The number of anilines is 1. The minimum atomic E-state index is -3.14. The van der Waals surface area contributed by atoms with Crippen LogP contribution in [-0.4, -0.2) is 57.6 Å². The van der Waals surface area contributed by atoms with E-state index in [0.29, 0.717) is 36.7 Å². The third kappa shape index (κ3) is 4.31. The van der Waals surface area contributed by atoms with Gasteiger partial charge in [0, 0.05) is 25.7 Å². The Balaban J connectivity index is 1.53. The van der Waals surface area contributed by atoms with Crippen molar-refractivity contribution in [1.82, 2.24) is 23.8 Å². The average molecular weight is 455 g/mol. The van der Waals surface area contributed by atoms with Gasteiger partial charge in [-0.3, -0.25) is 9.36 Å². The van der Waals surface area contributed by atoms with E-state index in [9.17, 15) is 13.2 Å². The minimum Gasteiger partial charge on any atom is -0.365 e. The molecule has 0 spiro atoms. The number of hydrogen-bond acceptors (Lipinski definition) is 7. The van der Waals surface area contributed by atoms with Gasteiger partial charge in [-0.2, -0.15) is 4.98 Å². The number of hydrogen-bond donors (Lipinski definition) is 1. The molecule has 2 aromatic heterocycles. The Morgan fingerprint density at radius 1 is 1.23 bits per heavy atom. The zero-order valence-corrected chi connectivity index (χ0v) is 18.8. The van der Waals surface area contributed by atoms with E-state index < -0.39 is 10.0 Å². The Morgan fingerprint density at radius 2 is 1.93 bits per heavy atom. The molecule has 0 bridgehead atoms. The highest BCUT2D eigenvalue weighted by Gasteiger charge is 2.32. The largest absolute Gasteiger partial charge is 0.365 e. The van der Waals surface area contributed by atoms with E-state index in [1.54, 1.807) is 22.0 Å². The summed E-state index contributed by atoms with van der Waals surface area (Å²) in [6, 6.07) is 0.0111. The standard InChI is InChI=1S/C19H27ClN6O3S/c1-3-30(28,29)25-8-6-13(7-9-25)10-21-16-18(27)26(12(2)14-4-5-14)17-15(23-16)11-22-19(20)24-17/h11-14H,3-10H2,1-2H3,(H,21,23)/t12-/m1/s1. The lowest BCUT2D eigenvalue weighted by Gasteiger charge is -2.31. The number of fused-ring (bicyclic) bond motifs is 1. The predicted molar refractivity (Wildman–Crippen MR) is 116 cm³/mol. The summed E-state index contributed by atoms with van der Waals surface area (Å²) in [5.41, 5.74) is 0.781. The smallest absolute Gasteiger partial charge is 0.295 e. The molecule has 1 aliphatic carbocycles. The summed E-state index contributed by atoms with van der Waals surface area (Å²) in [5, 5.41) is 3.30. The normalized spacial score (nSPS) is 19.8. The Bertz CT molecular complexity index is 1090. The molecule has 1 aliphatic heterocycles. The molecular formula is C19H27ClN6O3S. The molecule has 4 rings (SSSR count). The zero-order valence-electron chi connectivity index (χ0n) is 17.2. The molecule has 0 aromatic carbocycles. The maximum Gasteiger partial charge on any atom is 0.295 e. The first-order valence-corrected chi connectivity index (χ1v) is 12.5. The minimum absolute atomic E-state index is 0.0111. The number of rotatable bonds is 7. The van der Waals surface area contributed by atoms with Crippen molar-refractivity contribution in [3.05, 3.63) is 21.8 Å². The maximum atomic E-state index is 13.2. The fourth-order valence-corrected chi connectivity index (χ4v) is 5.34. The maximum absolute atomic E-state index is 13.2. The summed E-state index contributed by atoms with van der Waals surface area (Å²) in [5.74, 6) is 1.15. The van der Waals surface area contributed by atoms with Gasteiger partial charge in [0.05, 0.1) is 11.9 Å². The van der Waals surface area contributed by atoms with Crippen molar-refractivity contribution in [2.45, 2.75) is 45.6 Å². The van der Waals surface area contributed by atoms with Gasteiger partial charge in [-0.1, -0.05) is 0 Å². The number of aromatic nitrogens is 4. The second-order valence-electron chi connectivity index (χ2n) is 8.19. The molecule has 2 fully saturated rings. The molecule has 164 valence electrons. The van der Waals surface area contributed by atoms with Crippen LogP contribution in [0.5, 0.6) is 0 Å². The summed E-state index contributed by atoms with van der Waals surface area (Å²) in [6.45, 7) is 5.30. The Hall–Kier alpha value is -1.78. The van der Waals surface area contributed by atoms with E-state index in [4.69, 9.17) is 11.6 Å². The van der Waals surface area contributed by atoms with Gasteiger partial charge in [-0.25, -0.2) is 22.7 Å². The van der Waals surface area contributed by atoms with Crippen molar-refractivity contribution < 1.29 is 8.42 Å². The van der Waals surface area contributed by atoms with E-state index in [1.165, 1.54) is 0 Å². The van der Waals surface area contributed by atoms with Crippen molar-refractivity contribution in [2.75, 3.05) is 30.7 Å².